The Morgan fingerprint density at radius 2 is 1.50 bits per heavy atom. The standard InChI is InChI=1S/C24H21BrN2O4S/c25-19-8-4-5-9-20(19)27-24(31)23(16-6-2-1-3-7-16)32-18-12-10-17(11-13-18)26-21(28)14-15-22(29)30/h1-13,23H,14-15H2,(H,26,28)(H,27,31)(H,29,30). The van der Waals surface area contributed by atoms with E-state index in [9.17, 15) is 14.4 Å². The molecule has 0 saturated carbocycles. The van der Waals surface area contributed by atoms with Gasteiger partial charge in [0.25, 0.3) is 0 Å². The maximum Gasteiger partial charge on any atom is 0.303 e. The predicted molar refractivity (Wildman–Crippen MR) is 130 cm³/mol. The lowest BCUT2D eigenvalue weighted by Crippen LogP contribution is -2.19. The Kier molecular flexibility index (Phi) is 8.47. The summed E-state index contributed by atoms with van der Waals surface area (Å²) >= 11 is 4.85. The van der Waals surface area contributed by atoms with Gasteiger partial charge < -0.3 is 15.7 Å². The van der Waals surface area contributed by atoms with Gasteiger partial charge in [0, 0.05) is 21.5 Å². The van der Waals surface area contributed by atoms with Crippen molar-refractivity contribution in [2.24, 2.45) is 0 Å². The van der Waals surface area contributed by atoms with Crippen molar-refractivity contribution in [3.63, 3.8) is 0 Å². The van der Waals surface area contributed by atoms with Gasteiger partial charge in [-0.3, -0.25) is 14.4 Å². The van der Waals surface area contributed by atoms with Gasteiger partial charge in [-0.1, -0.05) is 42.5 Å². The molecular formula is C24H21BrN2O4S. The third-order valence-electron chi connectivity index (χ3n) is 4.43. The van der Waals surface area contributed by atoms with E-state index in [1.807, 2.05) is 66.7 Å². The van der Waals surface area contributed by atoms with Crippen molar-refractivity contribution >= 4 is 56.9 Å². The zero-order valence-electron chi connectivity index (χ0n) is 17.0. The van der Waals surface area contributed by atoms with E-state index in [1.165, 1.54) is 11.8 Å². The molecule has 3 aromatic rings. The van der Waals surface area contributed by atoms with Crippen molar-refractivity contribution in [2.45, 2.75) is 23.0 Å². The maximum absolute atomic E-state index is 13.2. The molecule has 1 unspecified atom stereocenters. The summed E-state index contributed by atoms with van der Waals surface area (Å²) in [6, 6.07) is 24.0. The lowest BCUT2D eigenvalue weighted by molar-refractivity contribution is -0.138. The number of benzene rings is 3. The van der Waals surface area contributed by atoms with Gasteiger partial charge in [0.1, 0.15) is 5.25 Å². The molecule has 0 aliphatic carbocycles. The molecule has 0 heterocycles. The maximum atomic E-state index is 13.2. The van der Waals surface area contributed by atoms with Crippen LogP contribution in [0.3, 0.4) is 0 Å². The first-order valence-corrected chi connectivity index (χ1v) is 11.5. The van der Waals surface area contributed by atoms with Crippen molar-refractivity contribution < 1.29 is 19.5 Å². The van der Waals surface area contributed by atoms with Gasteiger partial charge in [-0.15, -0.1) is 11.8 Å². The van der Waals surface area contributed by atoms with Crippen molar-refractivity contribution in [2.75, 3.05) is 10.6 Å². The summed E-state index contributed by atoms with van der Waals surface area (Å²) in [5.74, 6) is -1.53. The fourth-order valence-corrected chi connectivity index (χ4v) is 4.27. The third-order valence-corrected chi connectivity index (χ3v) is 6.39. The number of carboxylic acid groups (broad SMARTS) is 1. The van der Waals surface area contributed by atoms with Gasteiger partial charge in [-0.25, -0.2) is 0 Å². The van der Waals surface area contributed by atoms with E-state index in [4.69, 9.17) is 5.11 Å². The van der Waals surface area contributed by atoms with Crippen molar-refractivity contribution in [1.29, 1.82) is 0 Å². The number of carbonyl (C=O) groups is 3. The zero-order valence-corrected chi connectivity index (χ0v) is 19.4. The Bertz CT molecular complexity index is 1090. The van der Waals surface area contributed by atoms with E-state index >= 15 is 0 Å². The molecule has 1 atom stereocenters. The average Bonchev–Trinajstić information content (AvgIpc) is 2.79. The van der Waals surface area contributed by atoms with Gasteiger partial charge in [0.15, 0.2) is 0 Å². The first-order chi connectivity index (χ1) is 15.4. The minimum atomic E-state index is -1.01. The van der Waals surface area contributed by atoms with Crippen LogP contribution in [-0.4, -0.2) is 22.9 Å². The number of amides is 2. The number of carbonyl (C=O) groups excluding carboxylic acids is 2. The monoisotopic (exact) mass is 512 g/mol. The van der Waals surface area contributed by atoms with Crippen LogP contribution < -0.4 is 10.6 Å². The number of aliphatic carboxylic acids is 1. The van der Waals surface area contributed by atoms with Gasteiger partial charge in [0.2, 0.25) is 11.8 Å². The summed E-state index contributed by atoms with van der Waals surface area (Å²) in [6.07, 6.45) is -0.303. The number of rotatable bonds is 9. The highest BCUT2D eigenvalue weighted by Crippen LogP contribution is 2.37. The molecule has 3 rings (SSSR count). The highest BCUT2D eigenvalue weighted by atomic mass is 79.9. The van der Waals surface area contributed by atoms with Crippen LogP contribution in [-0.2, 0) is 14.4 Å². The van der Waals surface area contributed by atoms with Crippen LogP contribution in [0.4, 0.5) is 11.4 Å². The van der Waals surface area contributed by atoms with Gasteiger partial charge in [-0.05, 0) is 57.9 Å². The number of hydrogen-bond donors (Lipinski definition) is 3. The Hall–Kier alpha value is -3.10. The molecule has 2 amide bonds. The molecule has 8 heteroatoms. The molecular weight excluding hydrogens is 492 g/mol. The first kappa shape index (κ1) is 23.6. The molecule has 0 aliphatic rings. The number of thioether (sulfide) groups is 1. The highest BCUT2D eigenvalue weighted by molar-refractivity contribution is 9.10. The van der Waals surface area contributed by atoms with Crippen molar-refractivity contribution in [1.82, 2.24) is 0 Å². The van der Waals surface area contributed by atoms with Crippen LogP contribution in [0.25, 0.3) is 0 Å². The van der Waals surface area contributed by atoms with E-state index in [-0.39, 0.29) is 24.7 Å². The van der Waals surface area contributed by atoms with Crippen LogP contribution in [0, 0.1) is 0 Å². The normalized spacial score (nSPS) is 11.4. The van der Waals surface area contributed by atoms with Gasteiger partial charge in [-0.2, -0.15) is 0 Å². The number of carboxylic acids is 1. The molecule has 6 nitrogen and oxygen atoms in total. The van der Waals surface area contributed by atoms with Crippen LogP contribution in [0.5, 0.6) is 0 Å². The molecule has 0 radical (unpaired) electrons. The Balaban J connectivity index is 1.72. The number of para-hydroxylation sites is 1. The SMILES string of the molecule is O=C(O)CCC(=O)Nc1ccc(SC(C(=O)Nc2ccccc2Br)c2ccccc2)cc1. The highest BCUT2D eigenvalue weighted by Gasteiger charge is 2.22. The average molecular weight is 513 g/mol. The molecule has 3 aromatic carbocycles. The Morgan fingerprint density at radius 3 is 2.16 bits per heavy atom. The quantitative estimate of drug-likeness (QED) is 0.318. The number of hydrogen-bond acceptors (Lipinski definition) is 4. The van der Waals surface area contributed by atoms with E-state index in [1.54, 1.807) is 12.1 Å². The lowest BCUT2D eigenvalue weighted by Gasteiger charge is -2.18. The topological polar surface area (TPSA) is 95.5 Å². The summed E-state index contributed by atoms with van der Waals surface area (Å²) in [6.45, 7) is 0. The number of nitrogens with one attached hydrogen (secondary N) is 2. The second-order valence-electron chi connectivity index (χ2n) is 6.84. The minimum absolute atomic E-state index is 0.0862. The minimum Gasteiger partial charge on any atom is -0.481 e. The largest absolute Gasteiger partial charge is 0.481 e. The third kappa shape index (κ3) is 6.96. The van der Waals surface area contributed by atoms with Crippen molar-refractivity contribution in [3.8, 4) is 0 Å². The molecule has 0 fully saturated rings. The summed E-state index contributed by atoms with van der Waals surface area (Å²) in [5, 5.41) is 13.8. The summed E-state index contributed by atoms with van der Waals surface area (Å²) < 4.78 is 0.799. The number of anilines is 2. The Morgan fingerprint density at radius 1 is 0.844 bits per heavy atom. The summed E-state index contributed by atoms with van der Waals surface area (Å²) in [7, 11) is 0. The lowest BCUT2D eigenvalue weighted by atomic mass is 10.1. The van der Waals surface area contributed by atoms with E-state index in [0.29, 0.717) is 11.4 Å². The van der Waals surface area contributed by atoms with Crippen LogP contribution >= 0.6 is 27.7 Å². The molecule has 164 valence electrons. The van der Waals surface area contributed by atoms with E-state index in [0.717, 1.165) is 14.9 Å². The second-order valence-corrected chi connectivity index (χ2v) is 8.88. The number of halogens is 1. The summed E-state index contributed by atoms with van der Waals surface area (Å²) in [5.41, 5.74) is 2.13. The van der Waals surface area contributed by atoms with E-state index < -0.39 is 11.2 Å². The smallest absolute Gasteiger partial charge is 0.303 e. The molecule has 0 bridgehead atoms. The van der Waals surface area contributed by atoms with E-state index in [2.05, 4.69) is 26.6 Å². The second kappa shape index (κ2) is 11.5. The molecule has 0 aromatic heterocycles. The van der Waals surface area contributed by atoms with Crippen LogP contribution in [0.15, 0.2) is 88.2 Å². The Labute approximate surface area is 198 Å². The van der Waals surface area contributed by atoms with Gasteiger partial charge in [0.05, 0.1) is 12.1 Å². The molecule has 0 aliphatic heterocycles. The summed E-state index contributed by atoms with van der Waals surface area (Å²) in [4.78, 5) is 36.4. The van der Waals surface area contributed by atoms with Crippen LogP contribution in [0.1, 0.15) is 23.7 Å². The fourth-order valence-electron chi connectivity index (χ4n) is 2.86. The molecule has 0 saturated heterocycles. The zero-order chi connectivity index (χ0) is 22.9. The molecule has 0 spiro atoms. The first-order valence-electron chi connectivity index (χ1n) is 9.81. The van der Waals surface area contributed by atoms with Crippen molar-refractivity contribution in [3.05, 3.63) is 88.9 Å². The molecule has 3 N–H and O–H groups in total. The fraction of sp³-hybridized carbons (Fsp3) is 0.125. The predicted octanol–water partition coefficient (Wildman–Crippen LogP) is 5.72. The van der Waals surface area contributed by atoms with Gasteiger partial charge >= 0.3 is 5.97 Å². The molecule has 32 heavy (non-hydrogen) atoms. The van der Waals surface area contributed by atoms with Crippen LogP contribution in [0.2, 0.25) is 0 Å².